The van der Waals surface area contributed by atoms with E-state index in [1.807, 2.05) is 49.4 Å². The summed E-state index contributed by atoms with van der Waals surface area (Å²) in [6, 6.07) is 11.4. The number of halogens is 1. The largest absolute Gasteiger partial charge is 0.493 e. The molecule has 142 valence electrons. The van der Waals surface area contributed by atoms with Crippen molar-refractivity contribution < 1.29 is 14.3 Å². The van der Waals surface area contributed by atoms with Crippen molar-refractivity contribution in [3.8, 4) is 23.8 Å². The summed E-state index contributed by atoms with van der Waals surface area (Å²) >= 11 is 8.87. The van der Waals surface area contributed by atoms with Gasteiger partial charge in [-0.1, -0.05) is 47.6 Å². The molecule has 7 heteroatoms. The van der Waals surface area contributed by atoms with Crippen LogP contribution in [-0.4, -0.2) is 23.9 Å². The predicted molar refractivity (Wildman–Crippen MR) is 127 cm³/mol. The number of thioether (sulfide) groups is 1. The molecule has 1 heterocycles. The molecule has 0 saturated carbocycles. The first-order chi connectivity index (χ1) is 13.4. The van der Waals surface area contributed by atoms with Crippen LogP contribution >= 0.6 is 46.6 Å². The molecule has 0 unspecified atom stereocenters. The molecule has 0 spiro atoms. The number of carbonyl (C=O) groups excluding carboxylic acids is 1. The average molecular weight is 521 g/mol. The number of hydrogen-bond donors (Lipinski definition) is 0. The van der Waals surface area contributed by atoms with E-state index in [9.17, 15) is 4.79 Å². The van der Waals surface area contributed by atoms with E-state index in [4.69, 9.17) is 28.1 Å². The highest BCUT2D eigenvalue weighted by atomic mass is 127. The molecule has 1 saturated heterocycles. The van der Waals surface area contributed by atoms with Gasteiger partial charge in [-0.15, -0.1) is 6.42 Å². The van der Waals surface area contributed by atoms with E-state index in [1.165, 1.54) is 11.8 Å². The molecule has 4 nitrogen and oxygen atoms in total. The summed E-state index contributed by atoms with van der Waals surface area (Å²) in [6.07, 6.45) is 7.08. The number of aryl methyl sites for hydroxylation is 1. The Balaban J connectivity index is 1.92. The Hall–Kier alpha value is -2.02. The summed E-state index contributed by atoms with van der Waals surface area (Å²) in [4.78, 5) is 15.0. The van der Waals surface area contributed by atoms with Gasteiger partial charge in [-0.3, -0.25) is 9.69 Å². The van der Waals surface area contributed by atoms with Gasteiger partial charge >= 0.3 is 0 Å². The molecule has 2 aromatic rings. The van der Waals surface area contributed by atoms with Gasteiger partial charge in [-0.2, -0.15) is 0 Å². The molecule has 0 bridgehead atoms. The van der Waals surface area contributed by atoms with Crippen LogP contribution in [0.15, 0.2) is 41.3 Å². The van der Waals surface area contributed by atoms with Crippen LogP contribution in [-0.2, 0) is 4.79 Å². The van der Waals surface area contributed by atoms with E-state index in [1.54, 1.807) is 12.0 Å². The standard InChI is InChI=1S/C21H16INO3S2/c1-4-9-26-19-16(22)10-14(11-17(19)25-3)12-18-20(24)23(21(27)28-18)15-7-5-13(2)6-8-15/h1,5-8,10-12H,9H2,2-3H3/b18-12-. The van der Waals surface area contributed by atoms with Crippen molar-refractivity contribution in [2.45, 2.75) is 6.92 Å². The van der Waals surface area contributed by atoms with Gasteiger partial charge in [-0.05, 0) is 65.4 Å². The highest BCUT2D eigenvalue weighted by Gasteiger charge is 2.33. The number of thiocarbonyl (C=S) groups is 1. The quantitative estimate of drug-likeness (QED) is 0.239. The van der Waals surface area contributed by atoms with Crippen molar-refractivity contribution in [1.82, 2.24) is 0 Å². The second kappa shape index (κ2) is 8.99. The third-order valence-electron chi connectivity index (χ3n) is 3.94. The summed E-state index contributed by atoms with van der Waals surface area (Å²) in [5.41, 5.74) is 2.71. The fraction of sp³-hybridized carbons (Fsp3) is 0.143. The highest BCUT2D eigenvalue weighted by Crippen LogP contribution is 2.38. The lowest BCUT2D eigenvalue weighted by Crippen LogP contribution is -2.27. The molecule has 0 aliphatic carbocycles. The summed E-state index contributed by atoms with van der Waals surface area (Å²) in [5, 5.41) is 0. The number of ether oxygens (including phenoxy) is 2. The van der Waals surface area contributed by atoms with Crippen LogP contribution in [0.4, 0.5) is 5.69 Å². The topological polar surface area (TPSA) is 38.8 Å². The van der Waals surface area contributed by atoms with Crippen molar-refractivity contribution >= 4 is 68.6 Å². The smallest absolute Gasteiger partial charge is 0.270 e. The van der Waals surface area contributed by atoms with Gasteiger partial charge in [0.25, 0.3) is 5.91 Å². The van der Waals surface area contributed by atoms with Crippen LogP contribution in [0.5, 0.6) is 11.5 Å². The molecule has 3 rings (SSSR count). The van der Waals surface area contributed by atoms with Crippen LogP contribution in [0.2, 0.25) is 0 Å². The van der Waals surface area contributed by atoms with E-state index in [2.05, 4.69) is 28.5 Å². The molecule has 0 aromatic heterocycles. The normalized spacial score (nSPS) is 15.1. The first kappa shape index (κ1) is 20.7. The van der Waals surface area contributed by atoms with Crippen molar-refractivity contribution in [2.24, 2.45) is 0 Å². The molecule has 28 heavy (non-hydrogen) atoms. The Morgan fingerprint density at radius 3 is 2.68 bits per heavy atom. The maximum Gasteiger partial charge on any atom is 0.270 e. The summed E-state index contributed by atoms with van der Waals surface area (Å²) < 4.78 is 12.3. The second-order valence-electron chi connectivity index (χ2n) is 5.88. The first-order valence-corrected chi connectivity index (χ1v) is 10.5. The predicted octanol–water partition coefficient (Wildman–Crippen LogP) is 5.03. The molecule has 1 fully saturated rings. The average Bonchev–Trinajstić information content (AvgIpc) is 2.94. The molecule has 2 aromatic carbocycles. The Morgan fingerprint density at radius 2 is 2.04 bits per heavy atom. The molecule has 0 atom stereocenters. The van der Waals surface area contributed by atoms with Crippen molar-refractivity contribution in [3.05, 3.63) is 56.0 Å². The minimum absolute atomic E-state index is 0.138. The number of carbonyl (C=O) groups is 1. The highest BCUT2D eigenvalue weighted by molar-refractivity contribution is 14.1. The second-order valence-corrected chi connectivity index (χ2v) is 8.72. The lowest BCUT2D eigenvalue weighted by Gasteiger charge is -2.14. The Morgan fingerprint density at radius 1 is 1.32 bits per heavy atom. The Bertz CT molecular complexity index is 1010. The van der Waals surface area contributed by atoms with Crippen molar-refractivity contribution in [1.29, 1.82) is 0 Å². The third kappa shape index (κ3) is 4.35. The number of nitrogens with zero attached hydrogens (tertiary/aromatic N) is 1. The fourth-order valence-corrected chi connectivity index (χ4v) is 4.69. The minimum Gasteiger partial charge on any atom is -0.493 e. The zero-order chi connectivity index (χ0) is 20.3. The van der Waals surface area contributed by atoms with Crippen molar-refractivity contribution in [3.63, 3.8) is 0 Å². The van der Waals surface area contributed by atoms with E-state index in [0.717, 1.165) is 20.4 Å². The van der Waals surface area contributed by atoms with Crippen LogP contribution in [0.1, 0.15) is 11.1 Å². The maximum atomic E-state index is 12.9. The molecule has 0 radical (unpaired) electrons. The maximum absolute atomic E-state index is 12.9. The molecular formula is C21H16INO3S2. The van der Waals surface area contributed by atoms with Gasteiger partial charge in [0.05, 0.1) is 21.3 Å². The number of rotatable bonds is 5. The van der Waals surface area contributed by atoms with Gasteiger partial charge in [-0.25, -0.2) is 0 Å². The van der Waals surface area contributed by atoms with Crippen LogP contribution < -0.4 is 14.4 Å². The number of methoxy groups -OCH3 is 1. The third-order valence-corrected chi connectivity index (χ3v) is 6.04. The number of benzene rings is 2. The zero-order valence-corrected chi connectivity index (χ0v) is 19.0. The van der Waals surface area contributed by atoms with E-state index >= 15 is 0 Å². The van der Waals surface area contributed by atoms with E-state index in [-0.39, 0.29) is 12.5 Å². The van der Waals surface area contributed by atoms with Gasteiger partial charge in [0.2, 0.25) is 0 Å². The molecular weight excluding hydrogens is 505 g/mol. The lowest BCUT2D eigenvalue weighted by molar-refractivity contribution is -0.113. The Kier molecular flexibility index (Phi) is 6.65. The number of hydrogen-bond acceptors (Lipinski definition) is 5. The molecule has 1 aliphatic heterocycles. The lowest BCUT2D eigenvalue weighted by atomic mass is 10.1. The van der Waals surface area contributed by atoms with E-state index in [0.29, 0.717) is 20.7 Å². The van der Waals surface area contributed by atoms with E-state index < -0.39 is 0 Å². The van der Waals surface area contributed by atoms with Gasteiger partial charge in [0.1, 0.15) is 6.61 Å². The number of anilines is 1. The van der Waals surface area contributed by atoms with Crippen molar-refractivity contribution in [2.75, 3.05) is 18.6 Å². The Labute approximate surface area is 187 Å². The summed E-state index contributed by atoms with van der Waals surface area (Å²) in [5.74, 6) is 3.45. The van der Waals surface area contributed by atoms with Crippen LogP contribution in [0, 0.1) is 22.8 Å². The molecule has 1 amide bonds. The van der Waals surface area contributed by atoms with Crippen LogP contribution in [0.25, 0.3) is 6.08 Å². The number of amides is 1. The molecule has 0 N–H and O–H groups in total. The monoisotopic (exact) mass is 521 g/mol. The summed E-state index contributed by atoms with van der Waals surface area (Å²) in [6.45, 7) is 2.15. The van der Waals surface area contributed by atoms with Gasteiger partial charge < -0.3 is 9.47 Å². The minimum atomic E-state index is -0.138. The number of terminal acetylenes is 1. The summed E-state index contributed by atoms with van der Waals surface area (Å²) in [7, 11) is 1.56. The van der Waals surface area contributed by atoms with Crippen LogP contribution in [0.3, 0.4) is 0 Å². The first-order valence-electron chi connectivity index (χ1n) is 8.23. The SMILES string of the molecule is C#CCOc1c(I)cc(/C=C2\SC(=S)N(c3ccc(C)cc3)C2=O)cc1OC. The van der Waals surface area contributed by atoms with Gasteiger partial charge in [0.15, 0.2) is 15.8 Å². The zero-order valence-electron chi connectivity index (χ0n) is 15.2. The molecule has 1 aliphatic rings. The fourth-order valence-electron chi connectivity index (χ4n) is 2.61. The van der Waals surface area contributed by atoms with Gasteiger partial charge in [0, 0.05) is 0 Å².